The van der Waals surface area contributed by atoms with E-state index in [9.17, 15) is 38.1 Å². The van der Waals surface area contributed by atoms with Crippen LogP contribution in [0.2, 0.25) is 0 Å². The van der Waals surface area contributed by atoms with Crippen LogP contribution in [0.1, 0.15) is 19.8 Å². The lowest BCUT2D eigenvalue weighted by Gasteiger charge is -2.35. The number of hydrogen-bond donors (Lipinski definition) is 5. The van der Waals surface area contributed by atoms with E-state index in [1.807, 2.05) is 0 Å². The first-order valence-electron chi connectivity index (χ1n) is 8.85. The molecule has 0 spiro atoms. The predicted octanol–water partition coefficient (Wildman–Crippen LogP) is -0.799. The number of amides is 2. The molecule has 2 aliphatic rings. The summed E-state index contributed by atoms with van der Waals surface area (Å²) >= 11 is 0. The molecule has 2 fully saturated rings. The number of aliphatic carboxylic acids is 1. The van der Waals surface area contributed by atoms with Crippen molar-refractivity contribution in [3.8, 4) is 11.5 Å². The van der Waals surface area contributed by atoms with Crippen molar-refractivity contribution in [2.75, 3.05) is 11.9 Å². The van der Waals surface area contributed by atoms with Gasteiger partial charge in [0, 0.05) is 30.9 Å². The normalized spacial score (nSPS) is 26.8. The van der Waals surface area contributed by atoms with Crippen LogP contribution in [0.3, 0.4) is 0 Å². The number of carboxylic acid groups (broad SMARTS) is 1. The van der Waals surface area contributed by atoms with E-state index in [4.69, 9.17) is 0 Å². The topological polar surface area (TPSA) is 186 Å². The third kappa shape index (κ3) is 3.40. The first kappa shape index (κ1) is 21.4. The summed E-state index contributed by atoms with van der Waals surface area (Å²) in [5, 5.41) is 33.4. The highest BCUT2D eigenvalue weighted by Gasteiger charge is 2.69. The molecule has 1 aromatic carbocycles. The van der Waals surface area contributed by atoms with Gasteiger partial charge in [-0.1, -0.05) is 0 Å². The lowest BCUT2D eigenvalue weighted by Crippen LogP contribution is -2.57. The van der Waals surface area contributed by atoms with Gasteiger partial charge in [-0.2, -0.15) is 5.10 Å². The van der Waals surface area contributed by atoms with Gasteiger partial charge in [-0.25, -0.2) is 18.6 Å². The second-order valence-corrected chi connectivity index (χ2v) is 9.62. The van der Waals surface area contributed by atoms with Gasteiger partial charge >= 0.3 is 5.97 Å². The first-order valence-corrected chi connectivity index (χ1v) is 10.4. The van der Waals surface area contributed by atoms with Crippen molar-refractivity contribution in [1.82, 2.24) is 10.3 Å². The Morgan fingerprint density at radius 1 is 1.33 bits per heavy atom. The molecule has 2 heterocycles. The fraction of sp³-hybridized carbons (Fsp3) is 0.412. The van der Waals surface area contributed by atoms with Crippen molar-refractivity contribution >= 4 is 39.5 Å². The first-order chi connectivity index (χ1) is 14.0. The zero-order valence-electron chi connectivity index (χ0n) is 15.8. The number of carboxylic acids is 1. The summed E-state index contributed by atoms with van der Waals surface area (Å²) in [5.41, 5.74) is 2.60. The fourth-order valence-electron chi connectivity index (χ4n) is 3.45. The number of aromatic hydroxyl groups is 2. The maximum Gasteiger partial charge on any atom is 0.328 e. The molecule has 5 N–H and O–H groups in total. The van der Waals surface area contributed by atoms with Crippen LogP contribution in [0, 0.1) is 0 Å². The third-order valence-electron chi connectivity index (χ3n) is 5.14. The summed E-state index contributed by atoms with van der Waals surface area (Å²) in [6.45, 7) is 1.30. The number of anilines is 1. The number of fused-ring (bicyclic) bond motifs is 1. The number of β-lactam (4-membered cyclic amide) rings is 1. The minimum atomic E-state index is -4.05. The van der Waals surface area contributed by atoms with Crippen molar-refractivity contribution in [2.45, 2.75) is 35.9 Å². The second-order valence-electron chi connectivity index (χ2n) is 7.10. The number of benzene rings is 1. The quantitative estimate of drug-likeness (QED) is 0.119. The molecule has 30 heavy (non-hydrogen) atoms. The number of carbonyl (C=O) groups excluding carboxylic acids is 2. The van der Waals surface area contributed by atoms with Crippen LogP contribution in [0.15, 0.2) is 23.3 Å². The van der Waals surface area contributed by atoms with Crippen LogP contribution in [0.5, 0.6) is 11.5 Å². The van der Waals surface area contributed by atoms with Crippen LogP contribution in [0.4, 0.5) is 5.69 Å². The van der Waals surface area contributed by atoms with E-state index in [-0.39, 0.29) is 30.9 Å². The summed E-state index contributed by atoms with van der Waals surface area (Å²) < 4.78 is 23.4. The summed E-state index contributed by atoms with van der Waals surface area (Å²) in [6, 6.07) is 2.41. The Morgan fingerprint density at radius 3 is 2.63 bits per heavy atom. The van der Waals surface area contributed by atoms with E-state index >= 15 is 0 Å². The Hall–Kier alpha value is -3.35. The Bertz CT molecular complexity index is 1040. The molecule has 12 nitrogen and oxygen atoms in total. The third-order valence-corrected chi connectivity index (χ3v) is 7.81. The van der Waals surface area contributed by atoms with E-state index < -0.39 is 43.8 Å². The van der Waals surface area contributed by atoms with Crippen molar-refractivity contribution in [3.63, 3.8) is 0 Å². The Balaban J connectivity index is 1.60. The maximum atomic E-state index is 12.7. The van der Waals surface area contributed by atoms with E-state index in [1.165, 1.54) is 18.2 Å². The highest BCUT2D eigenvalue weighted by molar-refractivity contribution is 7.94. The maximum absolute atomic E-state index is 12.7. The van der Waals surface area contributed by atoms with Gasteiger partial charge in [-0.15, -0.1) is 0 Å². The molecule has 162 valence electrons. The van der Waals surface area contributed by atoms with Crippen molar-refractivity contribution in [3.05, 3.63) is 18.2 Å². The summed E-state index contributed by atoms with van der Waals surface area (Å²) in [6.07, 6.45) is 0.495. The van der Waals surface area contributed by atoms with Crippen LogP contribution >= 0.6 is 0 Å². The molecule has 0 radical (unpaired) electrons. The standard InChI is InChI=1S/C17H20N4O8S/c1-17(15(16(26)27)21-13(25)7-14(21)30(17,28)29)8-19-20-12(24)4-5-18-9-2-3-10(22)11(23)6-9/h2-3,6,8,14-15,18,22-23H,4-5,7H2,1H3,(H,20,24)(H,26,27)/b19-8+/t14-,15+,17+/m1/s1. The van der Waals surface area contributed by atoms with Gasteiger partial charge in [-0.05, 0) is 19.1 Å². The van der Waals surface area contributed by atoms with Gasteiger partial charge < -0.3 is 25.5 Å². The Labute approximate surface area is 171 Å². The summed E-state index contributed by atoms with van der Waals surface area (Å²) in [7, 11) is -4.05. The molecule has 2 amide bonds. The van der Waals surface area contributed by atoms with Crippen LogP contribution in [-0.2, 0) is 24.2 Å². The number of phenols is 2. The monoisotopic (exact) mass is 440 g/mol. The van der Waals surface area contributed by atoms with Crippen LogP contribution in [-0.4, -0.2) is 75.3 Å². The zero-order chi connectivity index (χ0) is 22.3. The number of phenolic OH excluding ortho intramolecular Hbond substituents is 2. The molecule has 0 unspecified atom stereocenters. The molecule has 0 bridgehead atoms. The molecule has 2 saturated heterocycles. The van der Waals surface area contributed by atoms with Crippen molar-refractivity contribution in [1.29, 1.82) is 0 Å². The Morgan fingerprint density at radius 2 is 2.03 bits per heavy atom. The molecule has 0 aromatic heterocycles. The zero-order valence-corrected chi connectivity index (χ0v) is 16.6. The van der Waals surface area contributed by atoms with Gasteiger partial charge in [-0.3, -0.25) is 9.59 Å². The minimum absolute atomic E-state index is 0.0714. The van der Waals surface area contributed by atoms with E-state index in [2.05, 4.69) is 15.8 Å². The van der Waals surface area contributed by atoms with E-state index in [1.54, 1.807) is 0 Å². The van der Waals surface area contributed by atoms with Gasteiger partial charge in [0.05, 0.1) is 6.42 Å². The molecular formula is C17H20N4O8S. The van der Waals surface area contributed by atoms with Gasteiger partial charge in [0.1, 0.15) is 10.1 Å². The lowest BCUT2D eigenvalue weighted by atomic mass is 9.97. The predicted molar refractivity (Wildman–Crippen MR) is 104 cm³/mol. The minimum Gasteiger partial charge on any atom is -0.504 e. The number of hydrazone groups is 1. The smallest absolute Gasteiger partial charge is 0.328 e. The number of nitrogens with one attached hydrogen (secondary N) is 2. The highest BCUT2D eigenvalue weighted by Crippen LogP contribution is 2.45. The molecule has 2 aliphatic heterocycles. The van der Waals surface area contributed by atoms with Gasteiger partial charge in [0.2, 0.25) is 11.8 Å². The SMILES string of the molecule is C[C@]1(/C=N/NC(=O)CCNc2ccc(O)c(O)c2)[C@H](C(=O)O)N2C(=O)C[C@H]2S1(=O)=O. The van der Waals surface area contributed by atoms with Gasteiger partial charge in [0.25, 0.3) is 0 Å². The van der Waals surface area contributed by atoms with Gasteiger partial charge in [0.15, 0.2) is 27.4 Å². The van der Waals surface area contributed by atoms with E-state index in [0.717, 1.165) is 18.0 Å². The number of nitrogens with zero attached hydrogens (tertiary/aromatic N) is 2. The van der Waals surface area contributed by atoms with Crippen molar-refractivity contribution in [2.24, 2.45) is 5.10 Å². The fourth-order valence-corrected chi connectivity index (χ4v) is 5.66. The van der Waals surface area contributed by atoms with Crippen LogP contribution < -0.4 is 10.7 Å². The Kier molecular flexibility index (Phi) is 5.33. The lowest BCUT2D eigenvalue weighted by molar-refractivity contribution is -0.156. The largest absolute Gasteiger partial charge is 0.504 e. The number of carbonyl (C=O) groups is 3. The van der Waals surface area contributed by atoms with Crippen molar-refractivity contribution < 1.29 is 38.1 Å². The number of rotatable bonds is 7. The molecular weight excluding hydrogens is 420 g/mol. The molecule has 0 saturated carbocycles. The van der Waals surface area contributed by atoms with Crippen LogP contribution in [0.25, 0.3) is 0 Å². The molecule has 0 aliphatic carbocycles. The highest BCUT2D eigenvalue weighted by atomic mass is 32.2. The average molecular weight is 440 g/mol. The summed E-state index contributed by atoms with van der Waals surface area (Å²) in [4.78, 5) is 36.1. The molecule has 3 rings (SSSR count). The molecule has 3 atom stereocenters. The molecule has 13 heteroatoms. The average Bonchev–Trinajstić information content (AvgIpc) is 2.79. The van der Waals surface area contributed by atoms with E-state index in [0.29, 0.717) is 5.69 Å². The molecule has 1 aromatic rings. The number of sulfone groups is 1. The summed E-state index contributed by atoms with van der Waals surface area (Å²) in [5.74, 6) is -3.23. The second kappa shape index (κ2) is 7.48. The number of hydrogen-bond acceptors (Lipinski definition) is 9.